The van der Waals surface area contributed by atoms with Crippen LogP contribution in [0.15, 0.2) is 24.3 Å². The van der Waals surface area contributed by atoms with Crippen molar-refractivity contribution in [2.24, 2.45) is 5.92 Å². The molecule has 1 aromatic rings. The summed E-state index contributed by atoms with van der Waals surface area (Å²) in [4.78, 5) is 31.5. The Morgan fingerprint density at radius 2 is 1.61 bits per heavy atom. The molecule has 0 saturated carbocycles. The van der Waals surface area contributed by atoms with Crippen LogP contribution in [0.4, 0.5) is 5.69 Å². The Hall–Kier alpha value is -2.08. The molecule has 0 aliphatic carbocycles. The van der Waals surface area contributed by atoms with Gasteiger partial charge >= 0.3 is 0 Å². The van der Waals surface area contributed by atoms with Gasteiger partial charge in [-0.2, -0.15) is 0 Å². The van der Waals surface area contributed by atoms with Gasteiger partial charge in [0.1, 0.15) is 0 Å². The van der Waals surface area contributed by atoms with Crippen LogP contribution >= 0.6 is 0 Å². The summed E-state index contributed by atoms with van der Waals surface area (Å²) in [6.45, 7) is 8.45. The number of likely N-dealkylation sites (N-methyl/N-ethyl adjacent to an activating group) is 1. The second-order valence-corrected chi connectivity index (χ2v) is 8.04. The van der Waals surface area contributed by atoms with Gasteiger partial charge in [-0.15, -0.1) is 0 Å². The van der Waals surface area contributed by atoms with Crippen molar-refractivity contribution in [2.75, 3.05) is 51.5 Å². The third-order valence-electron chi connectivity index (χ3n) is 6.27. The molecule has 0 aromatic heterocycles. The number of nitrogen functional groups attached to an aromatic ring is 1. The van der Waals surface area contributed by atoms with Crippen LogP contribution in [0, 0.1) is 5.92 Å². The molecule has 28 heavy (non-hydrogen) atoms. The van der Waals surface area contributed by atoms with E-state index in [1.54, 1.807) is 0 Å². The third-order valence-corrected chi connectivity index (χ3v) is 6.27. The minimum absolute atomic E-state index is 0.198. The minimum Gasteiger partial charge on any atom is -0.399 e. The first-order chi connectivity index (χ1) is 13.6. The molecule has 2 amide bonds. The predicted molar refractivity (Wildman–Crippen MR) is 112 cm³/mol. The number of hydrogen-bond acceptors (Lipinski definition) is 4. The largest absolute Gasteiger partial charge is 0.399 e. The molecule has 2 fully saturated rings. The number of anilines is 1. The van der Waals surface area contributed by atoms with Gasteiger partial charge in [0.25, 0.3) is 0 Å². The second-order valence-electron chi connectivity index (χ2n) is 8.04. The molecule has 6 heteroatoms. The van der Waals surface area contributed by atoms with Gasteiger partial charge in [0, 0.05) is 57.8 Å². The van der Waals surface area contributed by atoms with Crippen molar-refractivity contribution in [1.29, 1.82) is 0 Å². The zero-order valence-electron chi connectivity index (χ0n) is 17.1. The number of rotatable bonds is 6. The van der Waals surface area contributed by atoms with E-state index < -0.39 is 0 Å². The number of carbonyl (C=O) groups is 2. The van der Waals surface area contributed by atoms with Gasteiger partial charge in [-0.25, -0.2) is 0 Å². The number of piperidine rings is 1. The average molecular weight is 387 g/mol. The van der Waals surface area contributed by atoms with Gasteiger partial charge in [-0.05, 0) is 43.4 Å². The average Bonchev–Trinajstić information content (AvgIpc) is 2.73. The highest BCUT2D eigenvalue weighted by Crippen LogP contribution is 2.23. The topological polar surface area (TPSA) is 69.9 Å². The fourth-order valence-electron chi connectivity index (χ4n) is 4.24. The summed E-state index contributed by atoms with van der Waals surface area (Å²) in [5, 5.41) is 0. The Labute approximate surface area is 168 Å². The van der Waals surface area contributed by atoms with E-state index in [1.165, 1.54) is 0 Å². The van der Waals surface area contributed by atoms with Crippen molar-refractivity contribution < 1.29 is 9.59 Å². The first-order valence-corrected chi connectivity index (χ1v) is 10.7. The van der Waals surface area contributed by atoms with Crippen LogP contribution in [0.3, 0.4) is 0 Å². The first-order valence-electron chi connectivity index (χ1n) is 10.7. The van der Waals surface area contributed by atoms with E-state index in [0.717, 1.165) is 69.9 Å². The van der Waals surface area contributed by atoms with Crippen molar-refractivity contribution in [3.63, 3.8) is 0 Å². The summed E-state index contributed by atoms with van der Waals surface area (Å²) in [5.41, 5.74) is 7.76. The van der Waals surface area contributed by atoms with Crippen molar-refractivity contribution >= 4 is 17.5 Å². The highest BCUT2D eigenvalue weighted by molar-refractivity contribution is 5.77. The smallest absolute Gasteiger partial charge is 0.222 e. The number of aryl methyl sites for hydroxylation is 1. The lowest BCUT2D eigenvalue weighted by Gasteiger charge is -2.36. The number of piperazine rings is 1. The lowest BCUT2D eigenvalue weighted by atomic mass is 9.92. The van der Waals surface area contributed by atoms with Crippen LogP contribution in [-0.4, -0.2) is 72.3 Å². The number of benzene rings is 1. The number of nitrogens with zero attached hydrogens (tertiary/aromatic N) is 3. The molecule has 2 heterocycles. The van der Waals surface area contributed by atoms with Gasteiger partial charge in [-0.3, -0.25) is 9.59 Å². The maximum atomic E-state index is 12.6. The highest BCUT2D eigenvalue weighted by atomic mass is 16.2. The summed E-state index contributed by atoms with van der Waals surface area (Å²) in [5.74, 6) is 0.898. The van der Waals surface area contributed by atoms with Crippen molar-refractivity contribution in [3.05, 3.63) is 29.8 Å². The fourth-order valence-corrected chi connectivity index (χ4v) is 4.24. The number of amides is 2. The van der Waals surface area contributed by atoms with Crippen LogP contribution in [0.1, 0.15) is 38.2 Å². The van der Waals surface area contributed by atoms with E-state index >= 15 is 0 Å². The maximum absolute atomic E-state index is 12.6. The Balaban J connectivity index is 1.37. The fraction of sp³-hybridized carbons (Fsp3) is 0.636. The van der Waals surface area contributed by atoms with Crippen LogP contribution < -0.4 is 5.73 Å². The SMILES string of the molecule is CCN1CCN(C(=O)CC2CCN(C(=O)CCc3ccccc3N)CC2)CC1. The van der Waals surface area contributed by atoms with Gasteiger partial charge in [0.2, 0.25) is 11.8 Å². The molecule has 154 valence electrons. The predicted octanol–water partition coefficient (Wildman–Crippen LogP) is 1.99. The number of likely N-dealkylation sites (tertiary alicyclic amines) is 1. The molecular weight excluding hydrogens is 352 g/mol. The highest BCUT2D eigenvalue weighted by Gasteiger charge is 2.27. The Morgan fingerprint density at radius 1 is 0.964 bits per heavy atom. The molecule has 3 rings (SSSR count). The number of hydrogen-bond donors (Lipinski definition) is 1. The number of nitrogens with two attached hydrogens (primary N) is 1. The summed E-state index contributed by atoms with van der Waals surface area (Å²) >= 11 is 0. The quantitative estimate of drug-likeness (QED) is 0.759. The van der Waals surface area contributed by atoms with Gasteiger partial charge in [-0.1, -0.05) is 25.1 Å². The van der Waals surface area contributed by atoms with Gasteiger partial charge in [0.15, 0.2) is 0 Å². The van der Waals surface area contributed by atoms with E-state index in [-0.39, 0.29) is 5.91 Å². The van der Waals surface area contributed by atoms with Gasteiger partial charge in [0.05, 0.1) is 0 Å². The Morgan fingerprint density at radius 3 is 2.25 bits per heavy atom. The number of para-hydroxylation sites is 1. The summed E-state index contributed by atoms with van der Waals surface area (Å²) in [7, 11) is 0. The van der Waals surface area contributed by atoms with Crippen LogP contribution in [0.5, 0.6) is 0 Å². The molecule has 1 aromatic carbocycles. The summed E-state index contributed by atoms with van der Waals surface area (Å²) < 4.78 is 0. The van der Waals surface area contributed by atoms with Crippen LogP contribution in [0.2, 0.25) is 0 Å². The molecule has 2 saturated heterocycles. The monoisotopic (exact) mass is 386 g/mol. The molecule has 2 aliphatic rings. The normalized spacial score (nSPS) is 19.0. The molecule has 6 nitrogen and oxygen atoms in total. The standard InChI is InChI=1S/C22H34N4O2/c1-2-24-13-15-26(16-14-24)22(28)17-18-9-11-25(12-10-18)21(27)8-7-19-5-3-4-6-20(19)23/h3-6,18H,2,7-17,23H2,1H3. The van der Waals surface area contributed by atoms with E-state index in [0.29, 0.717) is 31.1 Å². The maximum Gasteiger partial charge on any atom is 0.222 e. The molecule has 0 atom stereocenters. The zero-order valence-corrected chi connectivity index (χ0v) is 17.1. The lowest BCUT2D eigenvalue weighted by molar-refractivity contribution is -0.135. The molecule has 2 aliphatic heterocycles. The Kier molecular flexibility index (Phi) is 7.31. The molecule has 0 bridgehead atoms. The first kappa shape index (κ1) is 20.6. The van der Waals surface area contributed by atoms with Crippen molar-refractivity contribution in [2.45, 2.75) is 39.0 Å². The number of carbonyl (C=O) groups excluding carboxylic acids is 2. The van der Waals surface area contributed by atoms with Crippen molar-refractivity contribution in [1.82, 2.24) is 14.7 Å². The summed E-state index contributed by atoms with van der Waals surface area (Å²) in [6, 6.07) is 7.74. The van der Waals surface area contributed by atoms with Crippen LogP contribution in [0.25, 0.3) is 0 Å². The Bertz CT molecular complexity index is 662. The van der Waals surface area contributed by atoms with Crippen molar-refractivity contribution in [3.8, 4) is 0 Å². The van der Waals surface area contributed by atoms with E-state index in [4.69, 9.17) is 5.73 Å². The zero-order chi connectivity index (χ0) is 19.9. The van der Waals surface area contributed by atoms with E-state index in [1.807, 2.05) is 34.1 Å². The summed E-state index contributed by atoms with van der Waals surface area (Å²) in [6.07, 6.45) is 3.68. The molecule has 0 radical (unpaired) electrons. The minimum atomic E-state index is 0.198. The molecular formula is C22H34N4O2. The molecule has 0 spiro atoms. The van der Waals surface area contributed by atoms with E-state index in [9.17, 15) is 9.59 Å². The third kappa shape index (κ3) is 5.47. The molecule has 2 N–H and O–H groups in total. The second kappa shape index (κ2) is 9.92. The molecule has 0 unspecified atom stereocenters. The van der Waals surface area contributed by atoms with Crippen LogP contribution in [-0.2, 0) is 16.0 Å². The lowest BCUT2D eigenvalue weighted by Crippen LogP contribution is -2.49. The van der Waals surface area contributed by atoms with Gasteiger partial charge < -0.3 is 20.4 Å². The van der Waals surface area contributed by atoms with E-state index in [2.05, 4.69) is 11.8 Å².